The van der Waals surface area contributed by atoms with Crippen LogP contribution in [0.3, 0.4) is 0 Å². The van der Waals surface area contributed by atoms with E-state index in [1.807, 2.05) is 6.07 Å². The third kappa shape index (κ3) is 4.09. The number of benzene rings is 1. The van der Waals surface area contributed by atoms with Crippen LogP contribution in [-0.2, 0) is 24.2 Å². The van der Waals surface area contributed by atoms with Crippen molar-refractivity contribution in [2.45, 2.75) is 49.1 Å². The van der Waals surface area contributed by atoms with Crippen LogP contribution in [0.2, 0.25) is 0 Å². The molecular formula is C22H24N6O6S. The summed E-state index contributed by atoms with van der Waals surface area (Å²) in [5, 5.41) is 9.96. The number of rotatable bonds is 6. The number of nitrogens with one attached hydrogen (secondary N) is 1. The van der Waals surface area contributed by atoms with Gasteiger partial charge in [0.2, 0.25) is 10.0 Å². The van der Waals surface area contributed by atoms with Gasteiger partial charge in [0.15, 0.2) is 12.0 Å². The van der Waals surface area contributed by atoms with Gasteiger partial charge in [-0.3, -0.25) is 0 Å². The predicted octanol–water partition coefficient (Wildman–Crippen LogP) is 1.29. The van der Waals surface area contributed by atoms with Gasteiger partial charge in [-0.1, -0.05) is 0 Å². The summed E-state index contributed by atoms with van der Waals surface area (Å²) >= 11 is 0. The van der Waals surface area contributed by atoms with Crippen LogP contribution in [0.4, 0.5) is 5.82 Å². The van der Waals surface area contributed by atoms with E-state index < -0.39 is 40.4 Å². The highest BCUT2D eigenvalue weighted by Crippen LogP contribution is 2.44. The maximum atomic E-state index is 13.0. The molecule has 184 valence electrons. The highest BCUT2D eigenvalue weighted by atomic mass is 32.2. The Labute approximate surface area is 201 Å². The molecule has 5 rings (SSSR count). The lowest BCUT2D eigenvalue weighted by Gasteiger charge is -2.25. The molecule has 0 aliphatic carbocycles. The van der Waals surface area contributed by atoms with Crippen molar-refractivity contribution >= 4 is 26.9 Å². The van der Waals surface area contributed by atoms with Crippen LogP contribution in [0.25, 0.3) is 11.0 Å². The maximum Gasteiger partial charge on any atom is 0.240 e. The van der Waals surface area contributed by atoms with Crippen molar-refractivity contribution < 1.29 is 27.4 Å². The molecule has 35 heavy (non-hydrogen) atoms. The number of nitrogen functional groups attached to an aromatic ring is 1. The van der Waals surface area contributed by atoms with Gasteiger partial charge >= 0.3 is 0 Å². The van der Waals surface area contributed by atoms with Crippen molar-refractivity contribution in [2.75, 3.05) is 19.4 Å². The van der Waals surface area contributed by atoms with E-state index in [9.17, 15) is 13.7 Å². The lowest BCUT2D eigenvalue weighted by Crippen LogP contribution is -2.39. The topological polar surface area (TPSA) is 164 Å². The Balaban J connectivity index is 1.40. The number of anilines is 1. The van der Waals surface area contributed by atoms with Crippen LogP contribution in [0, 0.1) is 11.3 Å². The summed E-state index contributed by atoms with van der Waals surface area (Å²) in [4.78, 5) is 8.28. The Morgan fingerprint density at radius 2 is 2.03 bits per heavy atom. The minimum Gasteiger partial charge on any atom is -0.495 e. The largest absolute Gasteiger partial charge is 0.495 e. The lowest BCUT2D eigenvalue weighted by molar-refractivity contribution is -0.195. The van der Waals surface area contributed by atoms with Crippen LogP contribution in [0.5, 0.6) is 5.75 Å². The van der Waals surface area contributed by atoms with Crippen LogP contribution < -0.4 is 15.2 Å². The van der Waals surface area contributed by atoms with E-state index in [1.54, 1.807) is 30.7 Å². The van der Waals surface area contributed by atoms with Crippen LogP contribution >= 0.6 is 0 Å². The number of hydrogen-bond donors (Lipinski definition) is 2. The van der Waals surface area contributed by atoms with E-state index in [2.05, 4.69) is 14.7 Å². The molecule has 2 fully saturated rings. The molecule has 12 nitrogen and oxygen atoms in total. The van der Waals surface area contributed by atoms with Crippen LogP contribution in [-0.4, -0.2) is 60.7 Å². The maximum absolute atomic E-state index is 13.0. The number of aromatic nitrogens is 3. The molecule has 0 unspecified atom stereocenters. The molecule has 0 bridgehead atoms. The van der Waals surface area contributed by atoms with Crippen molar-refractivity contribution in [2.24, 2.45) is 0 Å². The molecule has 4 heterocycles. The Morgan fingerprint density at radius 1 is 1.26 bits per heavy atom. The minimum atomic E-state index is -3.95. The monoisotopic (exact) mass is 500 g/mol. The summed E-state index contributed by atoms with van der Waals surface area (Å²) < 4.78 is 53.8. The molecule has 0 saturated carbocycles. The van der Waals surface area contributed by atoms with Gasteiger partial charge in [0, 0.05) is 12.7 Å². The quantitative estimate of drug-likeness (QED) is 0.504. The number of hydrogen-bond acceptors (Lipinski definition) is 10. The van der Waals surface area contributed by atoms with E-state index in [1.165, 1.54) is 31.6 Å². The fourth-order valence-corrected chi connectivity index (χ4v) is 5.53. The number of sulfonamides is 1. The molecule has 1 aromatic carbocycles. The first-order valence-electron chi connectivity index (χ1n) is 10.8. The van der Waals surface area contributed by atoms with E-state index in [0.717, 1.165) is 0 Å². The van der Waals surface area contributed by atoms with Gasteiger partial charge in [-0.2, -0.15) is 5.26 Å². The lowest BCUT2D eigenvalue weighted by atomic mass is 10.1. The molecule has 13 heteroatoms. The van der Waals surface area contributed by atoms with Gasteiger partial charge < -0.3 is 29.2 Å². The summed E-state index contributed by atoms with van der Waals surface area (Å²) in [7, 11) is -2.54. The average molecular weight is 501 g/mol. The van der Waals surface area contributed by atoms with E-state index in [4.69, 9.17) is 24.7 Å². The third-order valence-electron chi connectivity index (χ3n) is 6.02. The SMILES string of the molecule is COc1ccc(S(=O)(=O)NC[C@H]2O[C@@H](n3ccc4c(N)ncnc43)[C@@H]3OC(C)(C)O[C@@H]32)cc1C#N. The molecule has 2 aliphatic rings. The molecule has 2 saturated heterocycles. The molecular weight excluding hydrogens is 476 g/mol. The Morgan fingerprint density at radius 3 is 2.77 bits per heavy atom. The highest BCUT2D eigenvalue weighted by molar-refractivity contribution is 7.89. The summed E-state index contributed by atoms with van der Waals surface area (Å²) in [5.74, 6) is -0.255. The minimum absolute atomic E-state index is 0.0616. The fourth-order valence-electron chi connectivity index (χ4n) is 4.46. The second kappa shape index (κ2) is 8.43. The van der Waals surface area contributed by atoms with Gasteiger partial charge in [0.1, 0.15) is 47.9 Å². The number of nitrogens with zero attached hydrogens (tertiary/aromatic N) is 4. The molecule has 0 spiro atoms. The molecule has 2 aliphatic heterocycles. The van der Waals surface area contributed by atoms with Gasteiger partial charge in [-0.15, -0.1) is 0 Å². The first-order chi connectivity index (χ1) is 16.6. The van der Waals surface area contributed by atoms with Gasteiger partial charge in [-0.05, 0) is 38.1 Å². The predicted molar refractivity (Wildman–Crippen MR) is 123 cm³/mol. The molecule has 0 amide bonds. The molecule has 2 aromatic heterocycles. The van der Waals surface area contributed by atoms with E-state index in [0.29, 0.717) is 22.6 Å². The van der Waals surface area contributed by atoms with Crippen molar-refractivity contribution in [3.8, 4) is 11.8 Å². The summed E-state index contributed by atoms with van der Waals surface area (Å²) in [6, 6.07) is 7.79. The fraction of sp³-hybridized carbons (Fsp3) is 0.409. The van der Waals surface area contributed by atoms with E-state index in [-0.39, 0.29) is 17.0 Å². The normalized spacial score (nSPS) is 25.4. The number of methoxy groups -OCH3 is 1. The molecule has 3 aromatic rings. The van der Waals surface area contributed by atoms with Gasteiger partial charge in [-0.25, -0.2) is 23.1 Å². The number of fused-ring (bicyclic) bond motifs is 2. The zero-order valence-corrected chi connectivity index (χ0v) is 20.0. The van der Waals surface area contributed by atoms with E-state index >= 15 is 0 Å². The van der Waals surface area contributed by atoms with Crippen LogP contribution in [0.15, 0.2) is 41.7 Å². The Bertz CT molecular complexity index is 1430. The third-order valence-corrected chi connectivity index (χ3v) is 7.44. The number of ether oxygens (including phenoxy) is 4. The van der Waals surface area contributed by atoms with Gasteiger partial charge in [0.05, 0.1) is 23.0 Å². The summed E-state index contributed by atoms with van der Waals surface area (Å²) in [5.41, 5.74) is 6.65. The second-order valence-corrected chi connectivity index (χ2v) is 10.4. The zero-order chi connectivity index (χ0) is 25.0. The standard InChI is InChI=1S/C22H24N6O6S/c1-22(2)33-17-16(10-27-35(29,30)13-4-5-15(31-3)12(8-13)9-23)32-21(18(17)34-22)28-7-6-14-19(24)25-11-26-20(14)28/h4-8,11,16-18,21,27H,10H2,1-3H3,(H2,24,25,26)/t16-,17-,18-,21-/m1/s1. The number of nitriles is 1. The average Bonchev–Trinajstić information content (AvgIpc) is 3.48. The van der Waals surface area contributed by atoms with Crippen LogP contribution in [0.1, 0.15) is 25.6 Å². The highest BCUT2D eigenvalue weighted by Gasteiger charge is 2.56. The Hall–Kier alpha value is -3.28. The molecule has 0 radical (unpaired) electrons. The van der Waals surface area contributed by atoms with Crippen molar-refractivity contribution in [3.63, 3.8) is 0 Å². The molecule has 4 atom stereocenters. The molecule has 3 N–H and O–H groups in total. The van der Waals surface area contributed by atoms with Crippen molar-refractivity contribution in [1.82, 2.24) is 19.3 Å². The summed E-state index contributed by atoms with van der Waals surface area (Å²) in [6.07, 6.45) is 0.796. The first kappa shape index (κ1) is 23.5. The van der Waals surface area contributed by atoms with Gasteiger partial charge in [0.25, 0.3) is 0 Å². The Kier molecular flexibility index (Phi) is 5.65. The first-order valence-corrected chi connectivity index (χ1v) is 12.3. The van der Waals surface area contributed by atoms with Crippen molar-refractivity contribution in [1.29, 1.82) is 5.26 Å². The smallest absolute Gasteiger partial charge is 0.240 e. The summed E-state index contributed by atoms with van der Waals surface area (Å²) in [6.45, 7) is 3.50. The van der Waals surface area contributed by atoms with Crippen molar-refractivity contribution in [3.05, 3.63) is 42.4 Å². The second-order valence-electron chi connectivity index (χ2n) is 8.67. The number of nitrogens with two attached hydrogens (primary N) is 1. The zero-order valence-electron chi connectivity index (χ0n) is 19.2.